The number of ketones is 1. The van der Waals surface area contributed by atoms with E-state index in [-0.39, 0.29) is 30.5 Å². The Labute approximate surface area is 126 Å². The van der Waals surface area contributed by atoms with Crippen molar-refractivity contribution in [1.29, 1.82) is 0 Å². The van der Waals surface area contributed by atoms with Crippen molar-refractivity contribution in [1.82, 2.24) is 0 Å². The zero-order chi connectivity index (χ0) is 16.0. The van der Waals surface area contributed by atoms with Crippen molar-refractivity contribution in [3.05, 3.63) is 28.8 Å². The van der Waals surface area contributed by atoms with Crippen LogP contribution in [0.5, 0.6) is 5.75 Å². The molecule has 0 radical (unpaired) electrons. The summed E-state index contributed by atoms with van der Waals surface area (Å²) in [6.45, 7) is 8.55. The van der Waals surface area contributed by atoms with Gasteiger partial charge in [-0.2, -0.15) is 0 Å². The van der Waals surface area contributed by atoms with Gasteiger partial charge in [0.25, 0.3) is 0 Å². The maximum atomic E-state index is 12.3. The molecule has 0 saturated heterocycles. The highest BCUT2D eigenvalue weighted by atomic mass is 16.5. The van der Waals surface area contributed by atoms with Gasteiger partial charge in [0, 0.05) is 12.0 Å². The fraction of sp³-hybridized carbons (Fsp3) is 0.529. The molecule has 0 unspecified atom stereocenters. The van der Waals surface area contributed by atoms with Gasteiger partial charge in [0.15, 0.2) is 5.78 Å². The molecule has 0 heterocycles. The Kier molecular flexibility index (Phi) is 6.40. The molecule has 0 saturated carbocycles. The quantitative estimate of drug-likeness (QED) is 0.568. The molecule has 4 heteroatoms. The number of Topliss-reactive ketones (excluding diaryl/α,β-unsaturated/α-hetero) is 1. The molecule has 0 bridgehead atoms. The second-order valence-corrected chi connectivity index (χ2v) is 5.29. The highest BCUT2D eigenvalue weighted by Gasteiger charge is 2.17. The normalized spacial score (nSPS) is 10.6. The van der Waals surface area contributed by atoms with Gasteiger partial charge in [-0.05, 0) is 43.0 Å². The minimum Gasteiger partial charge on any atom is -0.494 e. The van der Waals surface area contributed by atoms with Crippen LogP contribution in [0.15, 0.2) is 12.1 Å². The summed E-state index contributed by atoms with van der Waals surface area (Å²) in [5.74, 6) is 0.688. The van der Waals surface area contributed by atoms with Crippen LogP contribution in [0.3, 0.4) is 0 Å². The predicted octanol–water partition coefficient (Wildman–Crippen LogP) is 3.65. The number of aryl methyl sites for hydroxylation is 1. The SMILES string of the molecule is CCOc1cc(C)c(C(=O)CCC(=O)OC)cc1C(C)C. The average molecular weight is 292 g/mol. The average Bonchev–Trinajstić information content (AvgIpc) is 2.44. The Morgan fingerprint density at radius 2 is 1.86 bits per heavy atom. The van der Waals surface area contributed by atoms with E-state index in [4.69, 9.17) is 4.74 Å². The van der Waals surface area contributed by atoms with Crippen molar-refractivity contribution in [3.8, 4) is 5.75 Å². The molecule has 4 nitrogen and oxygen atoms in total. The van der Waals surface area contributed by atoms with E-state index in [1.54, 1.807) is 0 Å². The fourth-order valence-corrected chi connectivity index (χ4v) is 2.18. The molecule has 0 fully saturated rings. The number of benzene rings is 1. The van der Waals surface area contributed by atoms with E-state index >= 15 is 0 Å². The minimum atomic E-state index is -0.365. The number of ether oxygens (including phenoxy) is 2. The van der Waals surface area contributed by atoms with Crippen molar-refractivity contribution in [2.75, 3.05) is 13.7 Å². The molecule has 0 spiro atoms. The first-order valence-electron chi connectivity index (χ1n) is 7.28. The molecule has 0 atom stereocenters. The molecule has 116 valence electrons. The highest BCUT2D eigenvalue weighted by Crippen LogP contribution is 2.30. The molecular weight excluding hydrogens is 268 g/mol. The van der Waals surface area contributed by atoms with Crippen LogP contribution in [0.1, 0.15) is 61.0 Å². The lowest BCUT2D eigenvalue weighted by Gasteiger charge is -2.16. The van der Waals surface area contributed by atoms with E-state index in [1.807, 2.05) is 26.0 Å². The van der Waals surface area contributed by atoms with Crippen LogP contribution in [0.25, 0.3) is 0 Å². The zero-order valence-electron chi connectivity index (χ0n) is 13.5. The summed E-state index contributed by atoms with van der Waals surface area (Å²) < 4.78 is 10.2. The van der Waals surface area contributed by atoms with Crippen molar-refractivity contribution in [3.63, 3.8) is 0 Å². The Hall–Kier alpha value is -1.84. The number of carbonyl (C=O) groups excluding carboxylic acids is 2. The maximum absolute atomic E-state index is 12.3. The third-order valence-electron chi connectivity index (χ3n) is 3.36. The summed E-state index contributed by atoms with van der Waals surface area (Å²) in [6.07, 6.45) is 0.276. The zero-order valence-corrected chi connectivity index (χ0v) is 13.5. The van der Waals surface area contributed by atoms with Crippen LogP contribution in [-0.4, -0.2) is 25.5 Å². The second kappa shape index (κ2) is 7.81. The monoisotopic (exact) mass is 292 g/mol. The molecule has 21 heavy (non-hydrogen) atoms. The summed E-state index contributed by atoms with van der Waals surface area (Å²) in [5.41, 5.74) is 2.55. The van der Waals surface area contributed by atoms with Crippen molar-refractivity contribution in [2.24, 2.45) is 0 Å². The van der Waals surface area contributed by atoms with Crippen molar-refractivity contribution in [2.45, 2.75) is 46.5 Å². The van der Waals surface area contributed by atoms with Crippen LogP contribution in [0.4, 0.5) is 0 Å². The van der Waals surface area contributed by atoms with Gasteiger partial charge in [0.2, 0.25) is 0 Å². The molecular formula is C17H24O4. The number of rotatable bonds is 7. The van der Waals surface area contributed by atoms with Crippen LogP contribution in [0.2, 0.25) is 0 Å². The van der Waals surface area contributed by atoms with Crippen LogP contribution in [0, 0.1) is 6.92 Å². The van der Waals surface area contributed by atoms with E-state index in [9.17, 15) is 9.59 Å². The lowest BCUT2D eigenvalue weighted by molar-refractivity contribution is -0.140. The van der Waals surface area contributed by atoms with Gasteiger partial charge in [-0.1, -0.05) is 13.8 Å². The first-order chi connectivity index (χ1) is 9.90. The van der Waals surface area contributed by atoms with Gasteiger partial charge >= 0.3 is 5.97 Å². The van der Waals surface area contributed by atoms with Gasteiger partial charge in [0.1, 0.15) is 5.75 Å². The summed E-state index contributed by atoms with van der Waals surface area (Å²) >= 11 is 0. The van der Waals surface area contributed by atoms with Gasteiger partial charge in [0.05, 0.1) is 20.1 Å². The van der Waals surface area contributed by atoms with Gasteiger partial charge in [-0.15, -0.1) is 0 Å². The summed E-state index contributed by atoms with van der Waals surface area (Å²) in [5, 5.41) is 0. The smallest absolute Gasteiger partial charge is 0.305 e. The first kappa shape index (κ1) is 17.2. The molecule has 0 aromatic heterocycles. The predicted molar refractivity (Wildman–Crippen MR) is 82.0 cm³/mol. The topological polar surface area (TPSA) is 52.6 Å². The fourth-order valence-electron chi connectivity index (χ4n) is 2.18. The largest absolute Gasteiger partial charge is 0.494 e. The molecule has 0 aliphatic rings. The Balaban J connectivity index is 3.04. The molecule has 0 amide bonds. The van der Waals surface area contributed by atoms with Crippen molar-refractivity contribution >= 4 is 11.8 Å². The van der Waals surface area contributed by atoms with Crippen LogP contribution < -0.4 is 4.74 Å². The summed E-state index contributed by atoms with van der Waals surface area (Å²) in [7, 11) is 1.33. The van der Waals surface area contributed by atoms with Crippen LogP contribution in [-0.2, 0) is 9.53 Å². The molecule has 0 aliphatic heterocycles. The maximum Gasteiger partial charge on any atom is 0.305 e. The minimum absolute atomic E-state index is 0.0390. The third kappa shape index (κ3) is 4.59. The lowest BCUT2D eigenvalue weighted by Crippen LogP contribution is -2.09. The summed E-state index contributed by atoms with van der Waals surface area (Å²) in [4.78, 5) is 23.4. The molecule has 1 rings (SSSR count). The molecule has 0 aliphatic carbocycles. The van der Waals surface area contributed by atoms with E-state index in [0.717, 1.165) is 16.9 Å². The number of esters is 1. The second-order valence-electron chi connectivity index (χ2n) is 5.29. The van der Waals surface area contributed by atoms with E-state index in [0.29, 0.717) is 12.2 Å². The third-order valence-corrected chi connectivity index (χ3v) is 3.36. The number of hydrogen-bond acceptors (Lipinski definition) is 4. The van der Waals surface area contributed by atoms with Gasteiger partial charge in [-0.3, -0.25) is 9.59 Å². The Morgan fingerprint density at radius 3 is 2.38 bits per heavy atom. The van der Waals surface area contributed by atoms with E-state index in [2.05, 4.69) is 18.6 Å². The Bertz CT molecular complexity index is 518. The standard InChI is InChI=1S/C17H24O4/c1-6-21-16-9-12(4)14(10-13(16)11(2)3)15(18)7-8-17(19)20-5/h9-11H,6-8H2,1-5H3. The molecule has 0 N–H and O–H groups in total. The van der Waals surface area contributed by atoms with Gasteiger partial charge < -0.3 is 9.47 Å². The summed E-state index contributed by atoms with van der Waals surface area (Å²) in [6, 6.07) is 3.80. The van der Waals surface area contributed by atoms with Crippen molar-refractivity contribution < 1.29 is 19.1 Å². The molecule has 1 aromatic carbocycles. The molecule has 1 aromatic rings. The number of methoxy groups -OCH3 is 1. The number of hydrogen-bond donors (Lipinski definition) is 0. The van der Waals surface area contributed by atoms with E-state index < -0.39 is 0 Å². The van der Waals surface area contributed by atoms with Crippen LogP contribution >= 0.6 is 0 Å². The first-order valence-corrected chi connectivity index (χ1v) is 7.28. The van der Waals surface area contributed by atoms with E-state index in [1.165, 1.54) is 7.11 Å². The highest BCUT2D eigenvalue weighted by molar-refractivity contribution is 5.99. The lowest BCUT2D eigenvalue weighted by atomic mass is 9.93. The van der Waals surface area contributed by atoms with Gasteiger partial charge in [-0.25, -0.2) is 0 Å². The number of carbonyl (C=O) groups is 2. The Morgan fingerprint density at radius 1 is 1.19 bits per heavy atom.